The highest BCUT2D eigenvalue weighted by Gasteiger charge is 2.05. The number of methoxy groups -OCH3 is 2. The van der Waals surface area contributed by atoms with Gasteiger partial charge in [0.25, 0.3) is 5.56 Å². The molecule has 0 aliphatic heterocycles. The van der Waals surface area contributed by atoms with Crippen LogP contribution in [-0.4, -0.2) is 30.0 Å². The summed E-state index contributed by atoms with van der Waals surface area (Å²) in [6.07, 6.45) is 1.44. The van der Waals surface area contributed by atoms with Gasteiger partial charge in [0.15, 0.2) is 0 Å². The van der Waals surface area contributed by atoms with E-state index in [2.05, 4.69) is 30.7 Å². The third-order valence-electron chi connectivity index (χ3n) is 3.93. The first-order valence-electron chi connectivity index (χ1n) is 8.69. The largest absolute Gasteiger partial charge is 0.497 e. The molecule has 0 spiro atoms. The van der Waals surface area contributed by atoms with E-state index in [-0.39, 0.29) is 11.5 Å². The number of benzene rings is 2. The number of hydrogen-bond donors (Lipinski definition) is 2. The minimum Gasteiger partial charge on any atom is -0.497 e. The van der Waals surface area contributed by atoms with Crippen molar-refractivity contribution in [1.82, 2.24) is 9.97 Å². The van der Waals surface area contributed by atoms with Crippen molar-refractivity contribution in [3.8, 4) is 11.5 Å². The van der Waals surface area contributed by atoms with Gasteiger partial charge < -0.3 is 9.47 Å². The van der Waals surface area contributed by atoms with Crippen LogP contribution in [0.4, 0.5) is 11.6 Å². The second-order valence-electron chi connectivity index (χ2n) is 5.92. The Morgan fingerprint density at radius 3 is 2.21 bits per heavy atom. The highest BCUT2D eigenvalue weighted by atomic mass is 16.5. The zero-order valence-corrected chi connectivity index (χ0v) is 16.2. The Balaban J connectivity index is 1.89. The molecule has 29 heavy (non-hydrogen) atoms. The van der Waals surface area contributed by atoms with Gasteiger partial charge in [0.1, 0.15) is 11.5 Å². The van der Waals surface area contributed by atoms with Crippen molar-refractivity contribution < 1.29 is 9.47 Å². The third-order valence-corrected chi connectivity index (χ3v) is 3.93. The van der Waals surface area contributed by atoms with E-state index >= 15 is 0 Å². The second-order valence-corrected chi connectivity index (χ2v) is 5.92. The predicted octanol–water partition coefficient (Wildman–Crippen LogP) is 3.65. The van der Waals surface area contributed by atoms with Crippen molar-refractivity contribution in [3.05, 3.63) is 76.2 Å². The lowest BCUT2D eigenvalue weighted by molar-refractivity contribution is 0.414. The molecule has 2 aromatic carbocycles. The average Bonchev–Trinajstić information content (AvgIpc) is 2.76. The van der Waals surface area contributed by atoms with Crippen LogP contribution in [0.15, 0.2) is 74.9 Å². The lowest BCUT2D eigenvalue weighted by Crippen LogP contribution is -2.09. The molecule has 2 N–H and O–H groups in total. The number of hydrazone groups is 1. The summed E-state index contributed by atoms with van der Waals surface area (Å²) in [5.41, 5.74) is 4.60. The van der Waals surface area contributed by atoms with Gasteiger partial charge in [-0.1, -0.05) is 0 Å². The number of hydrogen-bond acceptors (Lipinski definition) is 7. The van der Waals surface area contributed by atoms with Crippen molar-refractivity contribution in [2.75, 3.05) is 19.6 Å². The normalized spacial score (nSPS) is 11.5. The molecule has 148 valence electrons. The van der Waals surface area contributed by atoms with E-state index in [1.807, 2.05) is 24.3 Å². The van der Waals surface area contributed by atoms with Gasteiger partial charge >= 0.3 is 0 Å². The average molecular weight is 392 g/mol. The summed E-state index contributed by atoms with van der Waals surface area (Å²) in [7, 11) is 3.19. The summed E-state index contributed by atoms with van der Waals surface area (Å²) < 4.78 is 10.3. The number of aryl methyl sites for hydroxylation is 1. The van der Waals surface area contributed by atoms with E-state index in [4.69, 9.17) is 9.47 Å². The standard InChI is InChI=1S/C20H20N6O3/c1-13-12-21-20(22-19(13)27)26-25-18(14-4-8-16(28-2)9-5-14)24-23-15-6-10-17(29-3)11-7-15/h4-12,23H,1-3H3,(H,21,22,27)/b24-18+,26-25?. The van der Waals surface area contributed by atoms with Crippen LogP contribution < -0.4 is 20.5 Å². The van der Waals surface area contributed by atoms with E-state index in [1.165, 1.54) is 6.20 Å². The van der Waals surface area contributed by atoms with Gasteiger partial charge in [-0.15, -0.1) is 10.2 Å². The molecular weight excluding hydrogens is 372 g/mol. The Bertz CT molecular complexity index is 1070. The van der Waals surface area contributed by atoms with E-state index in [0.717, 1.165) is 11.4 Å². The van der Waals surface area contributed by atoms with Gasteiger partial charge in [-0.3, -0.25) is 15.2 Å². The molecule has 0 saturated heterocycles. The number of aromatic nitrogens is 2. The van der Waals surface area contributed by atoms with E-state index < -0.39 is 0 Å². The maximum atomic E-state index is 11.7. The Morgan fingerprint density at radius 1 is 1.00 bits per heavy atom. The molecule has 0 atom stereocenters. The lowest BCUT2D eigenvalue weighted by Gasteiger charge is -2.05. The van der Waals surface area contributed by atoms with Gasteiger partial charge in [-0.05, 0) is 55.5 Å². The lowest BCUT2D eigenvalue weighted by atomic mass is 10.2. The molecule has 3 rings (SSSR count). The number of anilines is 1. The highest BCUT2D eigenvalue weighted by Crippen LogP contribution is 2.17. The maximum Gasteiger partial charge on any atom is 0.255 e. The number of rotatable bonds is 6. The van der Waals surface area contributed by atoms with Crippen LogP contribution in [0.1, 0.15) is 11.1 Å². The highest BCUT2D eigenvalue weighted by molar-refractivity contribution is 5.99. The number of H-pyrrole nitrogens is 1. The molecule has 0 saturated carbocycles. The zero-order chi connectivity index (χ0) is 20.6. The molecular formula is C20H20N6O3. The Morgan fingerprint density at radius 2 is 1.62 bits per heavy atom. The van der Waals surface area contributed by atoms with Crippen LogP contribution in [0, 0.1) is 6.92 Å². The van der Waals surface area contributed by atoms with Crippen molar-refractivity contribution >= 4 is 17.5 Å². The molecule has 0 unspecified atom stereocenters. The topological polar surface area (TPSA) is 113 Å². The molecule has 9 heteroatoms. The summed E-state index contributed by atoms with van der Waals surface area (Å²) in [5.74, 6) is 1.83. The Kier molecular flexibility index (Phi) is 6.31. The molecule has 1 heterocycles. The van der Waals surface area contributed by atoms with Gasteiger partial charge in [0.2, 0.25) is 11.8 Å². The summed E-state index contributed by atoms with van der Waals surface area (Å²) in [5, 5.41) is 12.5. The molecule has 9 nitrogen and oxygen atoms in total. The Hall–Kier alpha value is -4.01. The number of aromatic amines is 1. The van der Waals surface area contributed by atoms with Crippen LogP contribution in [0.5, 0.6) is 11.5 Å². The number of nitrogens with one attached hydrogen (secondary N) is 2. The molecule has 0 fully saturated rings. The van der Waals surface area contributed by atoms with Crippen LogP contribution in [0.2, 0.25) is 0 Å². The molecule has 3 aromatic rings. The fourth-order valence-corrected chi connectivity index (χ4v) is 2.26. The molecule has 0 amide bonds. The SMILES string of the molecule is COc1ccc(N/N=C(/N=Nc2ncc(C)c(=O)[nH]2)c2ccc(OC)cc2)cc1. The number of ether oxygens (including phenoxy) is 2. The smallest absolute Gasteiger partial charge is 0.255 e. The Labute approximate surface area is 167 Å². The summed E-state index contributed by atoms with van der Waals surface area (Å²) in [6.45, 7) is 1.66. The van der Waals surface area contributed by atoms with Gasteiger partial charge in [-0.25, -0.2) is 4.98 Å². The predicted molar refractivity (Wildman–Crippen MR) is 110 cm³/mol. The third kappa shape index (κ3) is 5.25. The number of azo groups is 1. The minimum atomic E-state index is -0.270. The molecule has 0 aliphatic carbocycles. The van der Waals surface area contributed by atoms with Crippen molar-refractivity contribution in [2.24, 2.45) is 15.3 Å². The van der Waals surface area contributed by atoms with Gasteiger partial charge in [0, 0.05) is 17.3 Å². The monoisotopic (exact) mass is 392 g/mol. The summed E-state index contributed by atoms with van der Waals surface area (Å²) >= 11 is 0. The summed E-state index contributed by atoms with van der Waals surface area (Å²) in [6, 6.07) is 14.5. The quantitative estimate of drug-likeness (QED) is 0.288. The van der Waals surface area contributed by atoms with Crippen LogP contribution in [0.3, 0.4) is 0 Å². The fourth-order valence-electron chi connectivity index (χ4n) is 2.26. The zero-order valence-electron chi connectivity index (χ0n) is 16.2. The second kappa shape index (κ2) is 9.27. The van der Waals surface area contributed by atoms with Crippen molar-refractivity contribution in [1.29, 1.82) is 0 Å². The summed E-state index contributed by atoms with van der Waals surface area (Å²) in [4.78, 5) is 18.3. The molecule has 0 bridgehead atoms. The fraction of sp³-hybridized carbons (Fsp3) is 0.150. The van der Waals surface area contributed by atoms with Crippen LogP contribution in [-0.2, 0) is 0 Å². The molecule has 0 radical (unpaired) electrons. The minimum absolute atomic E-state index is 0.0891. The van der Waals surface area contributed by atoms with Crippen LogP contribution >= 0.6 is 0 Å². The maximum absolute atomic E-state index is 11.7. The van der Waals surface area contributed by atoms with Gasteiger partial charge in [0.05, 0.1) is 19.9 Å². The van der Waals surface area contributed by atoms with Crippen molar-refractivity contribution in [3.63, 3.8) is 0 Å². The number of amidine groups is 1. The number of nitrogens with zero attached hydrogens (tertiary/aromatic N) is 4. The van der Waals surface area contributed by atoms with Gasteiger partial charge in [-0.2, -0.15) is 5.10 Å². The molecule has 1 aromatic heterocycles. The molecule has 0 aliphatic rings. The van der Waals surface area contributed by atoms with Crippen LogP contribution in [0.25, 0.3) is 0 Å². The first kappa shape index (κ1) is 19.7. The van der Waals surface area contributed by atoms with E-state index in [9.17, 15) is 4.79 Å². The first-order chi connectivity index (χ1) is 14.1. The first-order valence-corrected chi connectivity index (χ1v) is 8.69. The van der Waals surface area contributed by atoms with Crippen molar-refractivity contribution in [2.45, 2.75) is 6.92 Å². The van der Waals surface area contributed by atoms with E-state index in [1.54, 1.807) is 45.4 Å². The van der Waals surface area contributed by atoms with E-state index in [0.29, 0.717) is 22.7 Å².